The Balaban J connectivity index is 1.70. The quantitative estimate of drug-likeness (QED) is 0.897. The van der Waals surface area contributed by atoms with Crippen molar-refractivity contribution < 1.29 is 18.7 Å². The Labute approximate surface area is 143 Å². The van der Waals surface area contributed by atoms with Crippen LogP contribution < -0.4 is 15.0 Å². The van der Waals surface area contributed by atoms with E-state index in [1.165, 1.54) is 12.1 Å². The van der Waals surface area contributed by atoms with E-state index < -0.39 is 0 Å². The molecule has 0 aliphatic carbocycles. The van der Waals surface area contributed by atoms with Crippen LogP contribution in [0.2, 0.25) is 0 Å². The van der Waals surface area contributed by atoms with Crippen LogP contribution in [0.4, 0.5) is 16.2 Å². The van der Waals surface area contributed by atoms with Gasteiger partial charge in [0.15, 0.2) is 18.2 Å². The lowest BCUT2D eigenvalue weighted by Crippen LogP contribution is -2.44. The summed E-state index contributed by atoms with van der Waals surface area (Å²) in [5.41, 5.74) is 0.786. The van der Waals surface area contributed by atoms with E-state index in [1.807, 2.05) is 17.9 Å². The molecular weight excluding hydrogens is 327 g/mol. The summed E-state index contributed by atoms with van der Waals surface area (Å²) in [5.74, 6) is 0.664. The van der Waals surface area contributed by atoms with Crippen molar-refractivity contribution in [2.24, 2.45) is 0 Å². The number of carbonyl (C=O) groups excluding carboxylic acids is 1. The lowest BCUT2D eigenvalue weighted by Gasteiger charge is -2.39. The molecule has 0 radical (unpaired) electrons. The minimum Gasteiger partial charge on any atom is -0.478 e. The van der Waals surface area contributed by atoms with Crippen molar-refractivity contribution >= 4 is 17.7 Å². The van der Waals surface area contributed by atoms with E-state index in [0.29, 0.717) is 30.7 Å². The number of amides is 1. The number of fused-ring (bicyclic) bond motifs is 1. The molecule has 1 N–H and O–H groups in total. The van der Waals surface area contributed by atoms with Crippen molar-refractivity contribution in [3.05, 3.63) is 41.8 Å². The normalized spacial score (nSPS) is 22.8. The van der Waals surface area contributed by atoms with Crippen LogP contribution in [-0.4, -0.2) is 41.7 Å². The molecule has 1 saturated heterocycles. The first-order valence-corrected chi connectivity index (χ1v) is 8.03. The number of aromatic nitrogens is 2. The topological polar surface area (TPSA) is 76.6 Å². The van der Waals surface area contributed by atoms with Crippen molar-refractivity contribution in [1.29, 1.82) is 0 Å². The maximum Gasteiger partial charge on any atom is 0.263 e. The Kier molecular flexibility index (Phi) is 3.96. The Bertz CT molecular complexity index is 816. The van der Waals surface area contributed by atoms with Crippen LogP contribution in [0.1, 0.15) is 18.5 Å². The molecule has 7 nitrogen and oxygen atoms in total. The minimum atomic E-state index is -0.303. The zero-order valence-corrected chi connectivity index (χ0v) is 13.6. The molecule has 1 aromatic carbocycles. The second-order valence-electron chi connectivity index (χ2n) is 6.09. The predicted molar refractivity (Wildman–Crippen MR) is 88.1 cm³/mol. The monoisotopic (exact) mass is 344 g/mol. The predicted octanol–water partition coefficient (Wildman–Crippen LogP) is 1.91. The molecule has 4 rings (SSSR count). The van der Waals surface area contributed by atoms with Gasteiger partial charge in [0.1, 0.15) is 5.82 Å². The second kappa shape index (κ2) is 6.29. The summed E-state index contributed by atoms with van der Waals surface area (Å²) >= 11 is 0. The fraction of sp³-hybridized carbons (Fsp3) is 0.353. The maximum atomic E-state index is 13.6. The lowest BCUT2D eigenvalue weighted by atomic mass is 10.0. The Morgan fingerprint density at radius 1 is 1.40 bits per heavy atom. The molecule has 130 valence electrons. The summed E-state index contributed by atoms with van der Waals surface area (Å²) in [6, 6.07) is 6.19. The highest BCUT2D eigenvalue weighted by Gasteiger charge is 2.31. The van der Waals surface area contributed by atoms with Crippen molar-refractivity contribution in [2.75, 3.05) is 30.0 Å². The highest BCUT2D eigenvalue weighted by Crippen LogP contribution is 2.33. The molecule has 2 aromatic rings. The fourth-order valence-electron chi connectivity index (χ4n) is 3.02. The van der Waals surface area contributed by atoms with Gasteiger partial charge in [0, 0.05) is 6.54 Å². The molecule has 0 bridgehead atoms. The number of hydrogen-bond acceptors (Lipinski definition) is 6. The number of rotatable bonds is 2. The van der Waals surface area contributed by atoms with Crippen molar-refractivity contribution in [3.63, 3.8) is 0 Å². The molecule has 0 unspecified atom stereocenters. The summed E-state index contributed by atoms with van der Waals surface area (Å²) in [4.78, 5) is 22.3. The van der Waals surface area contributed by atoms with Gasteiger partial charge >= 0.3 is 0 Å². The van der Waals surface area contributed by atoms with E-state index in [4.69, 9.17) is 9.47 Å². The van der Waals surface area contributed by atoms with Gasteiger partial charge in [-0.25, -0.2) is 9.37 Å². The Morgan fingerprint density at radius 3 is 3.12 bits per heavy atom. The second-order valence-corrected chi connectivity index (χ2v) is 6.09. The molecule has 2 aliphatic rings. The van der Waals surface area contributed by atoms with Crippen LogP contribution in [-0.2, 0) is 9.53 Å². The van der Waals surface area contributed by atoms with Crippen LogP contribution in [0, 0.1) is 5.82 Å². The Hall–Kier alpha value is -2.74. The van der Waals surface area contributed by atoms with E-state index in [9.17, 15) is 9.18 Å². The number of anilines is 2. The average Bonchev–Trinajstić information content (AvgIpc) is 2.61. The van der Waals surface area contributed by atoms with Gasteiger partial charge in [0.05, 0.1) is 24.9 Å². The summed E-state index contributed by atoms with van der Waals surface area (Å²) in [5, 5.41) is 2.68. The van der Waals surface area contributed by atoms with Gasteiger partial charge < -0.3 is 19.7 Å². The zero-order chi connectivity index (χ0) is 17.4. The first-order valence-electron chi connectivity index (χ1n) is 8.03. The first kappa shape index (κ1) is 15.8. The SMILES string of the molecule is C[C@@H]1CN(c2ncc3c(n2)NC(=O)CO3)[C@H](c2cccc(F)c2)CO1. The summed E-state index contributed by atoms with van der Waals surface area (Å²) in [7, 11) is 0. The van der Waals surface area contributed by atoms with Crippen LogP contribution in [0.25, 0.3) is 0 Å². The molecule has 1 aromatic heterocycles. The van der Waals surface area contributed by atoms with Gasteiger partial charge in [0.2, 0.25) is 5.95 Å². The average molecular weight is 344 g/mol. The molecule has 8 heteroatoms. The van der Waals surface area contributed by atoms with Crippen LogP contribution in [0.3, 0.4) is 0 Å². The smallest absolute Gasteiger partial charge is 0.263 e. The first-order chi connectivity index (χ1) is 12.1. The lowest BCUT2D eigenvalue weighted by molar-refractivity contribution is -0.118. The number of nitrogens with zero attached hydrogens (tertiary/aromatic N) is 3. The standard InChI is InChI=1S/C17H17FN4O3/c1-10-7-22(13(8-24-10)11-3-2-4-12(18)5-11)17-19-6-14-16(21-17)20-15(23)9-25-14/h2-6,10,13H,7-9H2,1H3,(H,19,20,21,23)/t10-,13+/m1/s1. The largest absolute Gasteiger partial charge is 0.478 e. The van der Waals surface area contributed by atoms with Crippen LogP contribution in [0.15, 0.2) is 30.5 Å². The summed E-state index contributed by atoms with van der Waals surface area (Å²) in [6.45, 7) is 2.86. The van der Waals surface area contributed by atoms with E-state index in [0.717, 1.165) is 5.56 Å². The zero-order valence-electron chi connectivity index (χ0n) is 13.6. The van der Waals surface area contributed by atoms with Crippen molar-refractivity contribution in [3.8, 4) is 5.75 Å². The maximum absolute atomic E-state index is 13.6. The number of carbonyl (C=O) groups is 1. The third kappa shape index (κ3) is 3.12. The molecule has 2 atom stereocenters. The van der Waals surface area contributed by atoms with Gasteiger partial charge in [0.25, 0.3) is 5.91 Å². The number of halogens is 1. The van der Waals surface area contributed by atoms with Gasteiger partial charge in [-0.2, -0.15) is 4.98 Å². The highest BCUT2D eigenvalue weighted by atomic mass is 19.1. The number of benzene rings is 1. The van der Waals surface area contributed by atoms with E-state index in [1.54, 1.807) is 12.3 Å². The molecule has 1 amide bonds. The minimum absolute atomic E-state index is 0.0183. The molecule has 25 heavy (non-hydrogen) atoms. The number of morpholine rings is 1. The molecule has 1 fully saturated rings. The fourth-order valence-corrected chi connectivity index (χ4v) is 3.02. The highest BCUT2D eigenvalue weighted by molar-refractivity contribution is 5.94. The van der Waals surface area contributed by atoms with Crippen molar-refractivity contribution in [1.82, 2.24) is 9.97 Å². The van der Waals surface area contributed by atoms with Crippen molar-refractivity contribution in [2.45, 2.75) is 19.1 Å². The molecule has 3 heterocycles. The third-order valence-corrected chi connectivity index (χ3v) is 4.22. The van der Waals surface area contributed by atoms with E-state index >= 15 is 0 Å². The third-order valence-electron chi connectivity index (χ3n) is 4.22. The van der Waals surface area contributed by atoms with Crippen LogP contribution >= 0.6 is 0 Å². The molecule has 0 spiro atoms. The number of nitrogens with one attached hydrogen (secondary N) is 1. The number of hydrogen-bond donors (Lipinski definition) is 1. The van der Waals surface area contributed by atoms with Gasteiger partial charge in [-0.3, -0.25) is 4.79 Å². The molecule has 2 aliphatic heterocycles. The summed E-state index contributed by atoms with van der Waals surface area (Å²) in [6.07, 6.45) is 1.52. The molecule has 0 saturated carbocycles. The van der Waals surface area contributed by atoms with Gasteiger partial charge in [-0.1, -0.05) is 12.1 Å². The van der Waals surface area contributed by atoms with Crippen LogP contribution in [0.5, 0.6) is 5.75 Å². The van der Waals surface area contributed by atoms with Gasteiger partial charge in [-0.15, -0.1) is 0 Å². The summed E-state index contributed by atoms with van der Waals surface area (Å²) < 4.78 is 24.7. The van der Waals surface area contributed by atoms with E-state index in [-0.39, 0.29) is 30.5 Å². The number of ether oxygens (including phenoxy) is 2. The Morgan fingerprint density at radius 2 is 2.28 bits per heavy atom. The van der Waals surface area contributed by atoms with E-state index in [2.05, 4.69) is 15.3 Å². The molecular formula is C17H17FN4O3. The van der Waals surface area contributed by atoms with Gasteiger partial charge in [-0.05, 0) is 24.6 Å².